The van der Waals surface area contributed by atoms with Crippen LogP contribution in [0.2, 0.25) is 0 Å². The Balaban J connectivity index is 0.999. The number of nitrogens with one attached hydrogen (secondary N) is 2. The Morgan fingerprint density at radius 2 is 1.65 bits per heavy atom. The Labute approximate surface area is 371 Å². The third-order valence-electron chi connectivity index (χ3n) is 12.7. The zero-order valence-electron chi connectivity index (χ0n) is 35.8. The summed E-state index contributed by atoms with van der Waals surface area (Å²) in [5.41, 5.74) is 5.73. The molecule has 1 saturated carbocycles. The molecule has 0 atom stereocenters. The highest BCUT2D eigenvalue weighted by Crippen LogP contribution is 2.38. The Morgan fingerprint density at radius 3 is 2.41 bits per heavy atom. The topological polar surface area (TPSA) is 177 Å². The molecule has 0 spiro atoms. The number of piperidine rings is 1. The van der Waals surface area contributed by atoms with Crippen LogP contribution in [0.25, 0.3) is 21.3 Å². The predicted molar refractivity (Wildman–Crippen MR) is 244 cm³/mol. The molecule has 6 heterocycles. The van der Waals surface area contributed by atoms with Crippen molar-refractivity contribution in [2.24, 2.45) is 11.8 Å². The molecule has 1 amide bonds. The average molecular weight is 889 g/mol. The number of hydrogen-bond acceptors (Lipinski definition) is 14. The molecule has 2 fully saturated rings. The summed E-state index contributed by atoms with van der Waals surface area (Å²) in [6.45, 7) is 8.79. The van der Waals surface area contributed by atoms with Crippen molar-refractivity contribution in [3.8, 4) is 11.1 Å². The SMILES string of the molecule is CCOC(=O)C1CCN(c2ccc(S(=O)(=O)NC(=O)c3nc(N4CCCc5c4nnc(Nc4nc6ccccc6s4)c5C)ccc3-c3cnn(CC4CCCCC4)c3C)cc2)CC1. The highest BCUT2D eigenvalue weighted by molar-refractivity contribution is 7.90. The summed E-state index contributed by atoms with van der Waals surface area (Å²) in [5, 5.41) is 18.1. The second kappa shape index (κ2) is 18.0. The minimum Gasteiger partial charge on any atom is -0.466 e. The number of nitrogens with zero attached hydrogens (tertiary/aromatic N) is 8. The monoisotopic (exact) mass is 888 g/mol. The van der Waals surface area contributed by atoms with Crippen molar-refractivity contribution in [3.05, 3.63) is 89.4 Å². The van der Waals surface area contributed by atoms with E-state index in [2.05, 4.69) is 20.0 Å². The van der Waals surface area contributed by atoms with Crippen molar-refractivity contribution in [2.45, 2.75) is 90.0 Å². The average Bonchev–Trinajstić information content (AvgIpc) is 3.89. The van der Waals surface area contributed by atoms with E-state index in [0.717, 1.165) is 70.1 Å². The second-order valence-corrected chi connectivity index (χ2v) is 19.4. The number of benzene rings is 2. The van der Waals surface area contributed by atoms with E-state index in [0.29, 0.717) is 73.6 Å². The van der Waals surface area contributed by atoms with E-state index >= 15 is 0 Å². The standard InChI is InChI=1S/C46H52N10O5S2/c1-4-61-45(58)32-22-25-54(26-23-32)33-16-18-34(19-17-33)63(59,60)53-44(57)41-36(37-27-47-56(30(37)3)28-31-11-6-5-7-12-31)20-21-40(49-41)55-24-10-13-35-29(2)42(51-52-43(35)55)50-46-48-38-14-8-9-15-39(38)62-46/h8-9,14-21,27,31-32H,4-7,10-13,22-26,28H2,1-3H3,(H,53,57)(H,48,50,51). The number of esters is 1. The van der Waals surface area contributed by atoms with Crippen LogP contribution in [0.1, 0.15) is 85.6 Å². The van der Waals surface area contributed by atoms with Crippen LogP contribution >= 0.6 is 11.3 Å². The fourth-order valence-corrected chi connectivity index (χ4v) is 11.0. The zero-order valence-corrected chi connectivity index (χ0v) is 37.5. The molecule has 9 rings (SSSR count). The highest BCUT2D eigenvalue weighted by atomic mass is 32.2. The molecule has 63 heavy (non-hydrogen) atoms. The smallest absolute Gasteiger partial charge is 0.309 e. The number of aromatic nitrogens is 6. The van der Waals surface area contributed by atoms with Crippen LogP contribution in [0.15, 0.2) is 71.8 Å². The van der Waals surface area contributed by atoms with Crippen LogP contribution in [0.4, 0.5) is 28.3 Å². The van der Waals surface area contributed by atoms with Gasteiger partial charge in [0.05, 0.1) is 33.8 Å². The molecule has 2 N–H and O–H groups in total. The van der Waals surface area contributed by atoms with Crippen LogP contribution in [-0.4, -0.2) is 76.5 Å². The van der Waals surface area contributed by atoms with Crippen molar-refractivity contribution in [1.29, 1.82) is 0 Å². The van der Waals surface area contributed by atoms with Gasteiger partial charge >= 0.3 is 5.97 Å². The number of carbonyl (C=O) groups excluding carboxylic acids is 2. The number of hydrogen-bond donors (Lipinski definition) is 2. The van der Waals surface area contributed by atoms with E-state index in [1.807, 2.05) is 59.8 Å². The number of para-hydroxylation sites is 1. The van der Waals surface area contributed by atoms with E-state index < -0.39 is 15.9 Å². The lowest BCUT2D eigenvalue weighted by Crippen LogP contribution is -2.37. The van der Waals surface area contributed by atoms with Gasteiger partial charge < -0.3 is 19.9 Å². The molecule has 6 aromatic rings. The minimum absolute atomic E-state index is 0.0385. The maximum Gasteiger partial charge on any atom is 0.309 e. The number of thiazole rings is 1. The Morgan fingerprint density at radius 1 is 0.873 bits per heavy atom. The van der Waals surface area contributed by atoms with Gasteiger partial charge in [-0.25, -0.2) is 23.1 Å². The van der Waals surface area contributed by atoms with Gasteiger partial charge in [0.25, 0.3) is 15.9 Å². The Kier molecular flexibility index (Phi) is 12.1. The van der Waals surface area contributed by atoms with Crippen LogP contribution in [0.3, 0.4) is 0 Å². The van der Waals surface area contributed by atoms with Crippen molar-refractivity contribution in [3.63, 3.8) is 0 Å². The summed E-state index contributed by atoms with van der Waals surface area (Å²) in [6, 6.07) is 18.1. The summed E-state index contributed by atoms with van der Waals surface area (Å²) >= 11 is 1.55. The van der Waals surface area contributed by atoms with Gasteiger partial charge in [0.15, 0.2) is 16.8 Å². The predicted octanol–water partition coefficient (Wildman–Crippen LogP) is 8.27. The first-order chi connectivity index (χ1) is 30.6. The van der Waals surface area contributed by atoms with Crippen molar-refractivity contribution in [1.82, 2.24) is 34.7 Å². The first kappa shape index (κ1) is 42.4. The fraction of sp³-hybridized carbons (Fsp3) is 0.413. The number of ether oxygens (including phenoxy) is 1. The van der Waals surface area contributed by atoms with Gasteiger partial charge in [-0.15, -0.1) is 10.2 Å². The number of pyridine rings is 1. The van der Waals surface area contributed by atoms with Gasteiger partial charge in [-0.1, -0.05) is 42.7 Å². The summed E-state index contributed by atoms with van der Waals surface area (Å²) in [5.74, 6) is 1.06. The van der Waals surface area contributed by atoms with Gasteiger partial charge in [0.1, 0.15) is 11.5 Å². The third kappa shape index (κ3) is 8.85. The third-order valence-corrected chi connectivity index (χ3v) is 15.0. The molecule has 4 aromatic heterocycles. The lowest BCUT2D eigenvalue weighted by Gasteiger charge is -2.32. The van der Waals surface area contributed by atoms with Crippen LogP contribution < -0.4 is 19.8 Å². The van der Waals surface area contributed by atoms with Gasteiger partial charge in [-0.3, -0.25) is 14.3 Å². The Bertz CT molecular complexity index is 2720. The van der Waals surface area contributed by atoms with Gasteiger partial charge in [0.2, 0.25) is 0 Å². The van der Waals surface area contributed by atoms with Gasteiger partial charge in [-0.2, -0.15) is 5.10 Å². The highest BCUT2D eigenvalue weighted by Gasteiger charge is 2.30. The molecule has 0 bridgehead atoms. The van der Waals surface area contributed by atoms with Crippen molar-refractivity contribution >= 4 is 71.7 Å². The molecule has 3 aliphatic rings. The first-order valence-electron chi connectivity index (χ1n) is 21.9. The Hall–Kier alpha value is -5.94. The molecule has 0 radical (unpaired) electrons. The van der Waals surface area contributed by atoms with E-state index in [1.54, 1.807) is 36.6 Å². The molecule has 2 aliphatic heterocycles. The number of amides is 1. The number of fused-ring (bicyclic) bond motifs is 2. The van der Waals surface area contributed by atoms with Crippen molar-refractivity contribution < 1.29 is 22.7 Å². The zero-order chi connectivity index (χ0) is 43.7. The molecular formula is C46H52N10O5S2. The molecule has 15 nitrogen and oxygen atoms in total. The molecule has 2 aromatic carbocycles. The van der Waals surface area contributed by atoms with Crippen LogP contribution in [0.5, 0.6) is 0 Å². The van der Waals surface area contributed by atoms with Gasteiger partial charge in [-0.05, 0) is 114 Å². The normalized spacial score (nSPS) is 16.2. The minimum atomic E-state index is -4.32. The second-order valence-electron chi connectivity index (χ2n) is 16.7. The van der Waals surface area contributed by atoms with E-state index in [9.17, 15) is 18.0 Å². The number of anilines is 5. The number of carbonyl (C=O) groups is 2. The largest absolute Gasteiger partial charge is 0.466 e. The summed E-state index contributed by atoms with van der Waals surface area (Å²) in [6.07, 6.45) is 10.6. The molecule has 1 saturated heterocycles. The summed E-state index contributed by atoms with van der Waals surface area (Å²) in [4.78, 5) is 40.4. The van der Waals surface area contributed by atoms with Crippen LogP contribution in [0, 0.1) is 25.7 Å². The fourth-order valence-electron chi connectivity index (χ4n) is 9.15. The lowest BCUT2D eigenvalue weighted by atomic mass is 9.89. The quantitative estimate of drug-likeness (QED) is 0.112. The maximum atomic E-state index is 14.4. The maximum absolute atomic E-state index is 14.4. The van der Waals surface area contributed by atoms with E-state index in [1.165, 1.54) is 31.4 Å². The van der Waals surface area contributed by atoms with Crippen LogP contribution in [-0.2, 0) is 32.5 Å². The summed E-state index contributed by atoms with van der Waals surface area (Å²) < 4.78 is 38.5. The molecule has 1 aliphatic carbocycles. The van der Waals surface area contributed by atoms with E-state index in [4.69, 9.17) is 24.9 Å². The first-order valence-corrected chi connectivity index (χ1v) is 24.2. The number of rotatable bonds is 12. The molecular weight excluding hydrogens is 837 g/mol. The molecule has 0 unspecified atom stereocenters. The molecule has 328 valence electrons. The summed E-state index contributed by atoms with van der Waals surface area (Å²) in [7, 11) is -4.32. The van der Waals surface area contributed by atoms with Gasteiger partial charge in [0, 0.05) is 59.8 Å². The number of sulfonamides is 1. The molecule has 17 heteroatoms. The lowest BCUT2D eigenvalue weighted by molar-refractivity contribution is -0.148. The van der Waals surface area contributed by atoms with Crippen molar-refractivity contribution in [2.75, 3.05) is 41.4 Å². The van der Waals surface area contributed by atoms with E-state index in [-0.39, 0.29) is 22.5 Å².